The van der Waals surface area contributed by atoms with Gasteiger partial charge in [-0.25, -0.2) is 0 Å². The summed E-state index contributed by atoms with van der Waals surface area (Å²) in [5.41, 5.74) is 14.9. The van der Waals surface area contributed by atoms with E-state index in [1.54, 1.807) is 0 Å². The number of benzene rings is 8. The summed E-state index contributed by atoms with van der Waals surface area (Å²) in [5.74, 6) is 0. The van der Waals surface area contributed by atoms with E-state index >= 15 is 0 Å². The molecule has 0 saturated heterocycles. The minimum Gasteiger partial charge on any atom is -0.312 e. The molecule has 0 bridgehead atoms. The van der Waals surface area contributed by atoms with E-state index in [0.717, 1.165) is 11.1 Å². The van der Waals surface area contributed by atoms with Gasteiger partial charge in [0.1, 0.15) is 0 Å². The van der Waals surface area contributed by atoms with Gasteiger partial charge in [-0.1, -0.05) is 170 Å². The third-order valence-corrected chi connectivity index (χ3v) is 9.38. The van der Waals surface area contributed by atoms with E-state index in [1.165, 1.54) is 60.1 Å². The summed E-state index contributed by atoms with van der Waals surface area (Å²) in [6.45, 7) is 0.681. The standard InChI is InChI=1S/C45H37N3/c46-44(36-14-5-2-6-15-36)48-45(37-25-23-33(24-26-37)32-11-3-1-4-12-32)47-30-31-19-21-35(22-20-31)43-40-18-10-8-16-38(40)29-42-39-17-9-7-13-34(39)27-28-41(42)43/h1-29,44-45,47-48H,30,46H2. The van der Waals surface area contributed by atoms with Gasteiger partial charge in [0.05, 0.1) is 12.3 Å². The first-order chi connectivity index (χ1) is 23.7. The lowest BCUT2D eigenvalue weighted by Gasteiger charge is -2.25. The number of hydrogen-bond acceptors (Lipinski definition) is 3. The summed E-state index contributed by atoms with van der Waals surface area (Å²) in [6, 6.07) is 62.7. The molecule has 4 N–H and O–H groups in total. The highest BCUT2D eigenvalue weighted by atomic mass is 15.2. The molecule has 0 radical (unpaired) electrons. The second kappa shape index (κ2) is 13.3. The van der Waals surface area contributed by atoms with Crippen molar-refractivity contribution in [3.63, 3.8) is 0 Å². The lowest BCUT2D eigenvalue weighted by Crippen LogP contribution is -2.39. The molecule has 3 heteroatoms. The fraction of sp³-hybridized carbons (Fsp3) is 0.0667. The van der Waals surface area contributed by atoms with Crippen LogP contribution in [0.4, 0.5) is 0 Å². The summed E-state index contributed by atoms with van der Waals surface area (Å²) in [6.07, 6.45) is -0.476. The van der Waals surface area contributed by atoms with Crippen LogP contribution in [0.2, 0.25) is 0 Å². The van der Waals surface area contributed by atoms with Crippen LogP contribution in [-0.4, -0.2) is 0 Å². The monoisotopic (exact) mass is 619 g/mol. The first kappa shape index (κ1) is 29.8. The van der Waals surface area contributed by atoms with Gasteiger partial charge < -0.3 is 5.73 Å². The van der Waals surface area contributed by atoms with Crippen molar-refractivity contribution in [2.45, 2.75) is 18.9 Å². The molecule has 0 amide bonds. The predicted octanol–water partition coefficient (Wildman–Crippen LogP) is 10.5. The van der Waals surface area contributed by atoms with Gasteiger partial charge in [-0.05, 0) is 77.3 Å². The normalized spacial score (nSPS) is 12.8. The van der Waals surface area contributed by atoms with E-state index in [1.807, 2.05) is 24.3 Å². The second-order valence-electron chi connectivity index (χ2n) is 12.4. The third kappa shape index (κ3) is 5.99. The minimum atomic E-state index is -0.324. The third-order valence-electron chi connectivity index (χ3n) is 9.38. The molecule has 8 aromatic carbocycles. The molecule has 0 saturated carbocycles. The SMILES string of the molecule is NC(NC(NCc1ccc(-c2c3ccccc3cc3c2ccc2ccccc23)cc1)c1ccc(-c2ccccc2)cc1)c1ccccc1. The largest absolute Gasteiger partial charge is 0.312 e. The Hall–Kier alpha value is -5.58. The van der Waals surface area contributed by atoms with Gasteiger partial charge in [-0.2, -0.15) is 0 Å². The van der Waals surface area contributed by atoms with Crippen molar-refractivity contribution in [1.29, 1.82) is 0 Å². The molecule has 0 aromatic heterocycles. The van der Waals surface area contributed by atoms with E-state index in [2.05, 4.69) is 162 Å². The van der Waals surface area contributed by atoms with Gasteiger partial charge >= 0.3 is 0 Å². The van der Waals surface area contributed by atoms with Gasteiger partial charge in [0.15, 0.2) is 0 Å². The lowest BCUT2D eigenvalue weighted by molar-refractivity contribution is 0.386. The zero-order chi connectivity index (χ0) is 32.3. The zero-order valence-electron chi connectivity index (χ0n) is 26.7. The molecule has 3 nitrogen and oxygen atoms in total. The molecule has 0 aliphatic rings. The molecule has 0 heterocycles. The van der Waals surface area contributed by atoms with Crippen LogP contribution in [0.5, 0.6) is 0 Å². The van der Waals surface area contributed by atoms with Crippen LogP contribution < -0.4 is 16.4 Å². The molecule has 0 spiro atoms. The second-order valence-corrected chi connectivity index (χ2v) is 12.4. The van der Waals surface area contributed by atoms with E-state index in [0.29, 0.717) is 6.54 Å². The number of rotatable bonds is 9. The highest BCUT2D eigenvalue weighted by molar-refractivity contribution is 6.20. The van der Waals surface area contributed by atoms with Crippen molar-refractivity contribution >= 4 is 32.3 Å². The minimum absolute atomic E-state index is 0.153. The molecular formula is C45H37N3. The lowest BCUT2D eigenvalue weighted by atomic mass is 9.89. The number of fused-ring (bicyclic) bond motifs is 4. The summed E-state index contributed by atoms with van der Waals surface area (Å²) in [4.78, 5) is 0. The van der Waals surface area contributed by atoms with E-state index in [-0.39, 0.29) is 12.3 Å². The van der Waals surface area contributed by atoms with Crippen molar-refractivity contribution in [1.82, 2.24) is 10.6 Å². The average Bonchev–Trinajstić information content (AvgIpc) is 3.16. The van der Waals surface area contributed by atoms with Crippen LogP contribution in [0.3, 0.4) is 0 Å². The molecule has 0 fully saturated rings. The molecule has 2 atom stereocenters. The molecule has 8 rings (SSSR count). The van der Waals surface area contributed by atoms with Crippen molar-refractivity contribution < 1.29 is 0 Å². The van der Waals surface area contributed by atoms with Crippen molar-refractivity contribution in [3.8, 4) is 22.3 Å². The van der Waals surface area contributed by atoms with Crippen LogP contribution in [0.1, 0.15) is 29.0 Å². The van der Waals surface area contributed by atoms with Crippen LogP contribution in [0.15, 0.2) is 176 Å². The maximum absolute atomic E-state index is 6.68. The van der Waals surface area contributed by atoms with Crippen molar-refractivity contribution in [3.05, 3.63) is 193 Å². The van der Waals surface area contributed by atoms with E-state index < -0.39 is 0 Å². The molecule has 8 aromatic rings. The fourth-order valence-corrected chi connectivity index (χ4v) is 6.85. The summed E-state index contributed by atoms with van der Waals surface area (Å²) in [5, 5.41) is 15.0. The Morgan fingerprint density at radius 3 is 1.79 bits per heavy atom. The van der Waals surface area contributed by atoms with Crippen molar-refractivity contribution in [2.24, 2.45) is 5.73 Å². The molecule has 2 unspecified atom stereocenters. The topological polar surface area (TPSA) is 50.1 Å². The van der Waals surface area contributed by atoms with E-state index in [9.17, 15) is 0 Å². The highest BCUT2D eigenvalue weighted by Gasteiger charge is 2.17. The Kier molecular flexibility index (Phi) is 8.24. The van der Waals surface area contributed by atoms with Gasteiger partial charge in [-0.15, -0.1) is 0 Å². The summed E-state index contributed by atoms with van der Waals surface area (Å²) < 4.78 is 0. The maximum atomic E-state index is 6.68. The number of hydrogen-bond donors (Lipinski definition) is 3. The molecule has 0 aliphatic heterocycles. The Bertz CT molecular complexity index is 2310. The van der Waals surface area contributed by atoms with Crippen LogP contribution in [-0.2, 0) is 6.54 Å². The Balaban J connectivity index is 1.09. The van der Waals surface area contributed by atoms with Crippen LogP contribution in [0, 0.1) is 0 Å². The molecule has 0 aliphatic carbocycles. The van der Waals surface area contributed by atoms with Gasteiger partial charge in [0.25, 0.3) is 0 Å². The first-order valence-corrected chi connectivity index (χ1v) is 16.6. The summed E-state index contributed by atoms with van der Waals surface area (Å²) >= 11 is 0. The van der Waals surface area contributed by atoms with Crippen LogP contribution in [0.25, 0.3) is 54.6 Å². The average molecular weight is 620 g/mol. The Morgan fingerprint density at radius 2 is 1.04 bits per heavy atom. The molecular weight excluding hydrogens is 583 g/mol. The van der Waals surface area contributed by atoms with Gasteiger partial charge in [-0.3, -0.25) is 10.6 Å². The Morgan fingerprint density at radius 1 is 0.438 bits per heavy atom. The smallest absolute Gasteiger partial charge is 0.0852 e. The van der Waals surface area contributed by atoms with E-state index in [4.69, 9.17) is 5.73 Å². The quantitative estimate of drug-likeness (QED) is 0.0856. The number of nitrogens with two attached hydrogens (primary N) is 1. The highest BCUT2D eigenvalue weighted by Crippen LogP contribution is 2.39. The van der Waals surface area contributed by atoms with Crippen LogP contribution >= 0.6 is 0 Å². The van der Waals surface area contributed by atoms with Gasteiger partial charge in [0, 0.05) is 6.54 Å². The first-order valence-electron chi connectivity index (χ1n) is 16.6. The zero-order valence-corrected chi connectivity index (χ0v) is 26.7. The Labute approximate surface area is 281 Å². The summed E-state index contributed by atoms with van der Waals surface area (Å²) in [7, 11) is 0. The number of nitrogens with one attached hydrogen (secondary N) is 2. The maximum Gasteiger partial charge on any atom is 0.0852 e. The predicted molar refractivity (Wildman–Crippen MR) is 202 cm³/mol. The van der Waals surface area contributed by atoms with Crippen molar-refractivity contribution in [2.75, 3.05) is 0 Å². The van der Waals surface area contributed by atoms with Gasteiger partial charge in [0.2, 0.25) is 0 Å². The molecule has 48 heavy (non-hydrogen) atoms. The molecule has 232 valence electrons. The fourth-order valence-electron chi connectivity index (χ4n) is 6.85.